The van der Waals surface area contributed by atoms with Crippen molar-refractivity contribution in [3.8, 4) is 0 Å². The van der Waals surface area contributed by atoms with Crippen LogP contribution >= 0.6 is 0 Å². The highest BCUT2D eigenvalue weighted by Crippen LogP contribution is 2.37. The predicted molar refractivity (Wildman–Crippen MR) is 111 cm³/mol. The minimum Gasteiger partial charge on any atom is -0.449 e. The second-order valence-corrected chi connectivity index (χ2v) is 8.05. The van der Waals surface area contributed by atoms with Crippen LogP contribution in [0.2, 0.25) is 0 Å². The number of nitrogens with zero attached hydrogens (tertiary/aromatic N) is 2. The van der Waals surface area contributed by atoms with Crippen LogP contribution in [0.25, 0.3) is 10.9 Å². The van der Waals surface area contributed by atoms with Crippen molar-refractivity contribution in [3.05, 3.63) is 40.2 Å². The van der Waals surface area contributed by atoms with Crippen molar-refractivity contribution >= 4 is 28.7 Å². The monoisotopic (exact) mass is 452 g/mol. The fourth-order valence-corrected chi connectivity index (χ4v) is 4.46. The lowest BCUT2D eigenvalue weighted by molar-refractivity contribution is -0.136. The van der Waals surface area contributed by atoms with Gasteiger partial charge in [0.2, 0.25) is 5.56 Å². The van der Waals surface area contributed by atoms with E-state index in [4.69, 9.17) is 4.74 Å². The van der Waals surface area contributed by atoms with E-state index in [0.29, 0.717) is 24.7 Å². The molecular weight excluding hydrogens is 429 g/mol. The molecule has 3 amide bonds. The van der Waals surface area contributed by atoms with E-state index in [9.17, 15) is 27.6 Å². The molecule has 2 fully saturated rings. The number of benzene rings is 1. The molecule has 0 spiro atoms. The number of pyridine rings is 1. The van der Waals surface area contributed by atoms with Gasteiger partial charge in [0.15, 0.2) is 0 Å². The lowest BCUT2D eigenvalue weighted by atomic mass is 10.1. The molecule has 1 aromatic heterocycles. The molecule has 3 heterocycles. The van der Waals surface area contributed by atoms with Gasteiger partial charge in [0.1, 0.15) is 0 Å². The molecule has 8 nitrogen and oxygen atoms in total. The molecule has 32 heavy (non-hydrogen) atoms. The minimum atomic E-state index is -4.66. The first-order chi connectivity index (χ1) is 15.1. The van der Waals surface area contributed by atoms with Gasteiger partial charge in [0, 0.05) is 47.7 Å². The number of nitrogens with one attached hydrogen (secondary N) is 2. The number of hydrogen-bond donors (Lipinski definition) is 2. The summed E-state index contributed by atoms with van der Waals surface area (Å²) in [5.74, 6) is 0. The number of carbonyl (C=O) groups excluding carboxylic acids is 2. The van der Waals surface area contributed by atoms with Crippen LogP contribution in [0.5, 0.6) is 0 Å². The molecule has 2 atom stereocenters. The van der Waals surface area contributed by atoms with Gasteiger partial charge in [-0.1, -0.05) is 0 Å². The Labute approximate surface area is 181 Å². The number of rotatable bonds is 4. The highest BCUT2D eigenvalue weighted by atomic mass is 19.4. The molecule has 4 rings (SSSR count). The van der Waals surface area contributed by atoms with E-state index in [-0.39, 0.29) is 36.1 Å². The maximum Gasteiger partial charge on any atom is 0.418 e. The zero-order valence-corrected chi connectivity index (χ0v) is 17.4. The van der Waals surface area contributed by atoms with E-state index in [2.05, 4.69) is 10.3 Å². The molecular formula is C21H23F3N4O4. The number of H-pyrrole nitrogens is 1. The molecule has 2 aliphatic rings. The quantitative estimate of drug-likeness (QED) is 0.741. The molecule has 11 heteroatoms. The Hall–Kier alpha value is -3.24. The molecule has 0 aliphatic carbocycles. The number of aromatic nitrogens is 1. The van der Waals surface area contributed by atoms with Crippen molar-refractivity contribution < 1.29 is 27.5 Å². The maximum atomic E-state index is 13.5. The fraction of sp³-hybridized carbons (Fsp3) is 0.476. The fourth-order valence-electron chi connectivity index (χ4n) is 4.46. The summed E-state index contributed by atoms with van der Waals surface area (Å²) in [7, 11) is 0. The van der Waals surface area contributed by atoms with Crippen molar-refractivity contribution in [1.82, 2.24) is 15.2 Å². The average molecular weight is 452 g/mol. The molecule has 2 aliphatic heterocycles. The van der Waals surface area contributed by atoms with Gasteiger partial charge >= 0.3 is 18.3 Å². The van der Waals surface area contributed by atoms with Crippen LogP contribution in [0.15, 0.2) is 29.1 Å². The summed E-state index contributed by atoms with van der Waals surface area (Å²) in [4.78, 5) is 40.7. The maximum absolute atomic E-state index is 13.5. The van der Waals surface area contributed by atoms with Crippen molar-refractivity contribution in [2.75, 3.05) is 24.6 Å². The van der Waals surface area contributed by atoms with Crippen molar-refractivity contribution in [2.24, 2.45) is 0 Å². The summed E-state index contributed by atoms with van der Waals surface area (Å²) in [6.45, 7) is 2.72. The number of alkyl halides is 3. The number of urea groups is 1. The van der Waals surface area contributed by atoms with Gasteiger partial charge in [-0.05, 0) is 38.0 Å². The normalized spacial score (nSPS) is 21.3. The Morgan fingerprint density at radius 2 is 2.00 bits per heavy atom. The molecule has 172 valence electrons. The molecule has 1 aromatic carbocycles. The topological polar surface area (TPSA) is 94.7 Å². The first-order valence-corrected chi connectivity index (χ1v) is 10.4. The van der Waals surface area contributed by atoms with E-state index in [1.165, 1.54) is 12.1 Å². The van der Waals surface area contributed by atoms with Gasteiger partial charge in [0.25, 0.3) is 0 Å². The smallest absolute Gasteiger partial charge is 0.418 e. The SMILES string of the molecule is C[C@@H]1CC[C@H](CCOC(=O)N2CCNC2=O)N1c1ccc2[nH]c(=O)cc(C(F)(F)F)c2c1. The van der Waals surface area contributed by atoms with Crippen LogP contribution in [0.1, 0.15) is 31.7 Å². The standard InChI is InChI=1S/C21H23F3N4O4/c1-12-2-3-13(6-9-32-20(31)27-8-7-25-19(27)30)28(12)14-4-5-17-15(10-14)16(21(22,23)24)11-18(29)26-17/h4-5,10-13H,2-3,6-9H2,1H3,(H,25,30)(H,26,29)/t12-,13-/m1/s1. The number of aromatic amines is 1. The van der Waals surface area contributed by atoms with Crippen molar-refractivity contribution in [2.45, 2.75) is 44.4 Å². The zero-order chi connectivity index (χ0) is 23.0. The molecule has 2 N–H and O–H groups in total. The Balaban J connectivity index is 1.53. The van der Waals surface area contributed by atoms with E-state index >= 15 is 0 Å². The van der Waals surface area contributed by atoms with Gasteiger partial charge in [-0.3, -0.25) is 4.79 Å². The number of amides is 3. The van der Waals surface area contributed by atoms with Crippen LogP contribution in [-0.2, 0) is 10.9 Å². The summed E-state index contributed by atoms with van der Waals surface area (Å²) in [6.07, 6.45) is -3.26. The number of carbonyl (C=O) groups is 2. The average Bonchev–Trinajstić information content (AvgIpc) is 3.31. The van der Waals surface area contributed by atoms with Crippen LogP contribution in [0.4, 0.5) is 28.4 Å². The third kappa shape index (κ3) is 4.23. The van der Waals surface area contributed by atoms with Gasteiger partial charge in [-0.2, -0.15) is 13.2 Å². The Bertz CT molecular complexity index is 1100. The van der Waals surface area contributed by atoms with Gasteiger partial charge in [-0.25, -0.2) is 14.5 Å². The highest BCUT2D eigenvalue weighted by Gasteiger charge is 2.35. The summed E-state index contributed by atoms with van der Waals surface area (Å²) in [6, 6.07) is 4.74. The summed E-state index contributed by atoms with van der Waals surface area (Å²) >= 11 is 0. The number of ether oxygens (including phenoxy) is 1. The Morgan fingerprint density at radius 3 is 2.69 bits per heavy atom. The van der Waals surface area contributed by atoms with Crippen LogP contribution in [0.3, 0.4) is 0 Å². The largest absolute Gasteiger partial charge is 0.449 e. The van der Waals surface area contributed by atoms with Gasteiger partial charge in [-0.15, -0.1) is 0 Å². The molecule has 0 unspecified atom stereocenters. The Kier molecular flexibility index (Phi) is 5.74. The Morgan fingerprint density at radius 1 is 1.22 bits per heavy atom. The molecule has 2 aromatic rings. The van der Waals surface area contributed by atoms with Gasteiger partial charge < -0.3 is 19.9 Å². The number of hydrogen-bond acceptors (Lipinski definition) is 5. The molecule has 0 saturated carbocycles. The highest BCUT2D eigenvalue weighted by molar-refractivity contribution is 5.92. The third-order valence-electron chi connectivity index (χ3n) is 5.97. The number of halogens is 3. The van der Waals surface area contributed by atoms with Crippen molar-refractivity contribution in [3.63, 3.8) is 0 Å². The van der Waals surface area contributed by atoms with Crippen LogP contribution < -0.4 is 15.8 Å². The summed E-state index contributed by atoms with van der Waals surface area (Å²) in [5, 5.41) is 2.45. The second-order valence-electron chi connectivity index (χ2n) is 8.05. The molecule has 0 bridgehead atoms. The number of anilines is 1. The summed E-state index contributed by atoms with van der Waals surface area (Å²) < 4.78 is 45.8. The lowest BCUT2D eigenvalue weighted by Crippen LogP contribution is -2.37. The first kappa shape index (κ1) is 22.0. The zero-order valence-electron chi connectivity index (χ0n) is 17.4. The van der Waals surface area contributed by atoms with E-state index in [1.807, 2.05) is 11.8 Å². The predicted octanol–water partition coefficient (Wildman–Crippen LogP) is 3.46. The number of imide groups is 1. The molecule has 0 radical (unpaired) electrons. The lowest BCUT2D eigenvalue weighted by Gasteiger charge is -2.31. The molecule has 2 saturated heterocycles. The van der Waals surface area contributed by atoms with Crippen LogP contribution in [-0.4, -0.2) is 53.8 Å². The third-order valence-corrected chi connectivity index (χ3v) is 5.97. The van der Waals surface area contributed by atoms with Crippen LogP contribution in [0, 0.1) is 0 Å². The van der Waals surface area contributed by atoms with Gasteiger partial charge in [0.05, 0.1) is 18.7 Å². The first-order valence-electron chi connectivity index (χ1n) is 10.4. The van der Waals surface area contributed by atoms with E-state index in [0.717, 1.165) is 17.7 Å². The van der Waals surface area contributed by atoms with E-state index in [1.54, 1.807) is 6.07 Å². The minimum absolute atomic E-state index is 0.0419. The number of fused-ring (bicyclic) bond motifs is 1. The summed E-state index contributed by atoms with van der Waals surface area (Å²) in [5.41, 5.74) is -1.05. The van der Waals surface area contributed by atoms with E-state index < -0.39 is 29.4 Å². The second kappa shape index (κ2) is 8.36. The van der Waals surface area contributed by atoms with Crippen molar-refractivity contribution in [1.29, 1.82) is 0 Å².